The molecular weight excluding hydrogens is 370 g/mol. The largest absolute Gasteiger partial charge is 0.484 e. The Bertz CT molecular complexity index is 1160. The average Bonchev–Trinajstić information content (AvgIpc) is 3.33. The minimum absolute atomic E-state index is 0.0565. The summed E-state index contributed by atoms with van der Waals surface area (Å²) in [5.74, 6) is 1.74. The molecule has 3 heterocycles. The number of carbonyl (C=O) groups is 1. The molecule has 1 saturated heterocycles. The maximum absolute atomic E-state index is 12.7. The number of benzene rings is 2. The normalized spacial score (nSPS) is 14.2. The van der Waals surface area contributed by atoms with Crippen LogP contribution in [0.15, 0.2) is 53.1 Å². The van der Waals surface area contributed by atoms with E-state index in [9.17, 15) is 4.79 Å². The smallest absolute Gasteiger partial charge is 0.275 e. The van der Waals surface area contributed by atoms with Gasteiger partial charge in [0.25, 0.3) is 11.8 Å². The lowest BCUT2D eigenvalue weighted by Crippen LogP contribution is -2.49. The molecule has 0 atom stereocenters. The van der Waals surface area contributed by atoms with Crippen molar-refractivity contribution in [1.82, 2.24) is 25.2 Å². The number of hydrogen-bond acceptors (Lipinski definition) is 6. The molecule has 5 rings (SSSR count). The van der Waals surface area contributed by atoms with Crippen molar-refractivity contribution in [2.75, 3.05) is 13.1 Å². The van der Waals surface area contributed by atoms with Gasteiger partial charge in [-0.2, -0.15) is 10.1 Å². The van der Waals surface area contributed by atoms with Gasteiger partial charge in [0.1, 0.15) is 5.75 Å². The molecule has 4 aromatic rings. The van der Waals surface area contributed by atoms with Crippen LogP contribution in [0.4, 0.5) is 0 Å². The predicted molar refractivity (Wildman–Crippen MR) is 105 cm³/mol. The number of aryl methyl sites for hydroxylation is 1. The molecule has 1 aliphatic heterocycles. The highest BCUT2D eigenvalue weighted by Crippen LogP contribution is 2.28. The summed E-state index contributed by atoms with van der Waals surface area (Å²) in [6, 6.07) is 15.4. The van der Waals surface area contributed by atoms with Gasteiger partial charge < -0.3 is 14.2 Å². The lowest BCUT2D eigenvalue weighted by atomic mass is 9.98. The molecule has 29 heavy (non-hydrogen) atoms. The molecular formula is C21H19N5O3. The Kier molecular flexibility index (Phi) is 4.23. The summed E-state index contributed by atoms with van der Waals surface area (Å²) >= 11 is 0. The van der Waals surface area contributed by atoms with Crippen molar-refractivity contribution in [3.63, 3.8) is 0 Å². The van der Waals surface area contributed by atoms with Gasteiger partial charge in [0.15, 0.2) is 18.1 Å². The first kappa shape index (κ1) is 17.4. The van der Waals surface area contributed by atoms with E-state index in [-0.39, 0.29) is 18.4 Å². The van der Waals surface area contributed by atoms with E-state index in [2.05, 4.69) is 20.3 Å². The second-order valence-corrected chi connectivity index (χ2v) is 7.17. The third kappa shape index (κ3) is 3.33. The van der Waals surface area contributed by atoms with Gasteiger partial charge in [0.05, 0.1) is 11.4 Å². The third-order valence-corrected chi connectivity index (χ3v) is 5.07. The van der Waals surface area contributed by atoms with Crippen LogP contribution in [-0.4, -0.2) is 44.2 Å². The van der Waals surface area contributed by atoms with Crippen LogP contribution in [0, 0.1) is 6.92 Å². The lowest BCUT2D eigenvalue weighted by molar-refractivity contribution is 0.0588. The summed E-state index contributed by atoms with van der Waals surface area (Å²) in [6.45, 7) is 3.32. The zero-order valence-corrected chi connectivity index (χ0v) is 15.8. The van der Waals surface area contributed by atoms with Crippen molar-refractivity contribution in [3.8, 4) is 5.75 Å². The maximum atomic E-state index is 12.7. The molecule has 2 aromatic carbocycles. The monoisotopic (exact) mass is 389 g/mol. The molecule has 1 N–H and O–H groups in total. The maximum Gasteiger partial charge on any atom is 0.275 e. The number of H-pyrrole nitrogens is 1. The number of likely N-dealkylation sites (tertiary alicyclic amines) is 1. The number of aromatic amines is 1. The molecule has 0 radical (unpaired) electrons. The fraction of sp³-hybridized carbons (Fsp3) is 0.238. The Labute approximate surface area is 166 Å². The highest BCUT2D eigenvalue weighted by molar-refractivity contribution is 6.04. The van der Waals surface area contributed by atoms with Crippen molar-refractivity contribution < 1.29 is 14.1 Å². The molecule has 0 unspecified atom stereocenters. The molecule has 1 fully saturated rings. The number of nitrogens with zero attached hydrogens (tertiary/aromatic N) is 4. The van der Waals surface area contributed by atoms with Crippen LogP contribution >= 0.6 is 0 Å². The molecule has 0 spiro atoms. The van der Waals surface area contributed by atoms with Gasteiger partial charge in [-0.25, -0.2) is 0 Å². The van der Waals surface area contributed by atoms with E-state index in [1.807, 2.05) is 55.5 Å². The zero-order chi connectivity index (χ0) is 19.8. The highest BCUT2D eigenvalue weighted by atomic mass is 16.5. The minimum atomic E-state index is -0.0925. The average molecular weight is 389 g/mol. The molecule has 0 saturated carbocycles. The number of rotatable bonds is 5. The Morgan fingerprint density at radius 2 is 2.00 bits per heavy atom. The summed E-state index contributed by atoms with van der Waals surface area (Å²) in [5.41, 5.74) is 2.47. The minimum Gasteiger partial charge on any atom is -0.484 e. The SMILES string of the molecule is Cc1ccc(OCc2nc(C3CN(C(=O)c4n[nH]c5ccccc45)C3)no2)cc1. The number of nitrogens with one attached hydrogen (secondary N) is 1. The van der Waals surface area contributed by atoms with E-state index >= 15 is 0 Å². The number of hydrogen-bond donors (Lipinski definition) is 1. The number of fused-ring (bicyclic) bond motifs is 1. The lowest BCUT2D eigenvalue weighted by Gasteiger charge is -2.36. The van der Waals surface area contributed by atoms with Crippen molar-refractivity contribution >= 4 is 16.8 Å². The first-order chi connectivity index (χ1) is 14.2. The zero-order valence-electron chi connectivity index (χ0n) is 15.8. The molecule has 2 aromatic heterocycles. The van der Waals surface area contributed by atoms with E-state index in [4.69, 9.17) is 9.26 Å². The molecule has 1 aliphatic rings. The predicted octanol–water partition coefficient (Wildman–Crippen LogP) is 3.07. The summed E-state index contributed by atoms with van der Waals surface area (Å²) in [7, 11) is 0. The van der Waals surface area contributed by atoms with E-state index < -0.39 is 0 Å². The van der Waals surface area contributed by atoms with E-state index in [0.29, 0.717) is 30.5 Å². The standard InChI is InChI=1S/C21H19N5O3/c1-13-6-8-15(9-7-13)28-12-18-22-20(25-29-18)14-10-26(11-14)21(27)19-16-4-2-3-5-17(16)23-24-19/h2-9,14H,10-12H2,1H3,(H,23,24). The first-order valence-electron chi connectivity index (χ1n) is 9.42. The molecule has 8 heteroatoms. The summed E-state index contributed by atoms with van der Waals surface area (Å²) in [6.07, 6.45) is 0. The quantitative estimate of drug-likeness (QED) is 0.563. The highest BCUT2D eigenvalue weighted by Gasteiger charge is 2.36. The van der Waals surface area contributed by atoms with Crippen LogP contribution in [-0.2, 0) is 6.61 Å². The van der Waals surface area contributed by atoms with Gasteiger partial charge in [-0.05, 0) is 25.1 Å². The van der Waals surface area contributed by atoms with Crippen LogP contribution in [0.3, 0.4) is 0 Å². The molecule has 8 nitrogen and oxygen atoms in total. The molecule has 146 valence electrons. The van der Waals surface area contributed by atoms with Crippen LogP contribution < -0.4 is 4.74 Å². The van der Waals surface area contributed by atoms with Gasteiger partial charge in [-0.15, -0.1) is 0 Å². The van der Waals surface area contributed by atoms with Gasteiger partial charge in [-0.3, -0.25) is 9.89 Å². The number of aromatic nitrogens is 4. The summed E-state index contributed by atoms with van der Waals surface area (Å²) < 4.78 is 11.0. The van der Waals surface area contributed by atoms with Gasteiger partial charge in [0.2, 0.25) is 0 Å². The number of amides is 1. The van der Waals surface area contributed by atoms with E-state index in [0.717, 1.165) is 16.7 Å². The summed E-state index contributed by atoms with van der Waals surface area (Å²) in [5, 5.41) is 11.9. The fourth-order valence-corrected chi connectivity index (χ4v) is 3.36. The Hall–Kier alpha value is -3.68. The molecule has 0 aliphatic carbocycles. The van der Waals surface area contributed by atoms with E-state index in [1.54, 1.807) is 4.90 Å². The molecule has 0 bridgehead atoms. The number of carbonyl (C=O) groups excluding carboxylic acids is 1. The Balaban J connectivity index is 1.19. The van der Waals surface area contributed by atoms with Crippen molar-refractivity contribution in [2.45, 2.75) is 19.4 Å². The molecule has 1 amide bonds. The van der Waals surface area contributed by atoms with Crippen molar-refractivity contribution in [1.29, 1.82) is 0 Å². The van der Waals surface area contributed by atoms with Gasteiger partial charge in [0, 0.05) is 18.5 Å². The van der Waals surface area contributed by atoms with Crippen LogP contribution in [0.5, 0.6) is 5.75 Å². The van der Waals surface area contributed by atoms with Crippen LogP contribution in [0.1, 0.15) is 33.7 Å². The van der Waals surface area contributed by atoms with Gasteiger partial charge >= 0.3 is 0 Å². The summed E-state index contributed by atoms with van der Waals surface area (Å²) in [4.78, 5) is 18.9. The second kappa shape index (κ2) is 7.05. The van der Waals surface area contributed by atoms with Crippen molar-refractivity contribution in [2.24, 2.45) is 0 Å². The topological polar surface area (TPSA) is 97.1 Å². The number of ether oxygens (including phenoxy) is 1. The second-order valence-electron chi connectivity index (χ2n) is 7.17. The van der Waals surface area contributed by atoms with Gasteiger partial charge in [-0.1, -0.05) is 41.1 Å². The van der Waals surface area contributed by atoms with Crippen LogP contribution in [0.2, 0.25) is 0 Å². The van der Waals surface area contributed by atoms with Crippen LogP contribution in [0.25, 0.3) is 10.9 Å². The first-order valence-corrected chi connectivity index (χ1v) is 9.42. The third-order valence-electron chi connectivity index (χ3n) is 5.07. The van der Waals surface area contributed by atoms with E-state index in [1.165, 1.54) is 5.56 Å². The fourth-order valence-electron chi connectivity index (χ4n) is 3.36. The Morgan fingerprint density at radius 3 is 2.83 bits per heavy atom. The number of para-hydroxylation sites is 1. The Morgan fingerprint density at radius 1 is 1.21 bits per heavy atom. The van der Waals surface area contributed by atoms with Crippen molar-refractivity contribution in [3.05, 3.63) is 71.5 Å².